The number of para-hydroxylation sites is 2. The van der Waals surface area contributed by atoms with Crippen molar-refractivity contribution in [2.75, 3.05) is 36.4 Å². The number of nitriles is 1. The van der Waals surface area contributed by atoms with Crippen LogP contribution in [0, 0.1) is 11.3 Å². The minimum atomic E-state index is -0.191. The third-order valence-electron chi connectivity index (χ3n) is 5.88. The van der Waals surface area contributed by atoms with Crippen molar-refractivity contribution < 1.29 is 4.79 Å². The standard InChI is InChI=1S/C26H22N6O/c27-18-21-4-1-2-7-23(21)29-26(33)32-16-14-31(15-17-32)24-9-8-20-5-3-6-22(25(20)30-24)19-10-12-28-13-11-19/h1-13H,14-17H2,(H,29,33). The molecule has 0 bridgehead atoms. The predicted octanol–water partition coefficient (Wildman–Crippen LogP) is 4.52. The van der Waals surface area contributed by atoms with Crippen LogP contribution in [0.3, 0.4) is 0 Å². The fourth-order valence-corrected chi connectivity index (χ4v) is 4.10. The molecule has 0 aliphatic carbocycles. The lowest BCUT2D eigenvalue weighted by Gasteiger charge is -2.35. The Balaban J connectivity index is 1.31. The van der Waals surface area contributed by atoms with Crippen molar-refractivity contribution >= 4 is 28.4 Å². The van der Waals surface area contributed by atoms with Crippen LogP contribution in [-0.2, 0) is 0 Å². The molecule has 0 radical (unpaired) electrons. The van der Waals surface area contributed by atoms with Crippen molar-refractivity contribution in [1.29, 1.82) is 5.26 Å². The summed E-state index contributed by atoms with van der Waals surface area (Å²) in [6, 6.07) is 23.3. The summed E-state index contributed by atoms with van der Waals surface area (Å²) < 4.78 is 0. The lowest BCUT2D eigenvalue weighted by atomic mass is 10.0. The van der Waals surface area contributed by atoms with Gasteiger partial charge in [0.2, 0.25) is 0 Å². The quantitative estimate of drug-likeness (QED) is 0.512. The molecule has 2 aromatic carbocycles. The Morgan fingerprint density at radius 3 is 2.48 bits per heavy atom. The van der Waals surface area contributed by atoms with Crippen molar-refractivity contribution in [3.63, 3.8) is 0 Å². The zero-order valence-corrected chi connectivity index (χ0v) is 18.0. The van der Waals surface area contributed by atoms with Crippen molar-refractivity contribution in [3.8, 4) is 17.2 Å². The molecule has 2 aromatic heterocycles. The molecular weight excluding hydrogens is 412 g/mol. The van der Waals surface area contributed by atoms with Crippen LogP contribution in [0.4, 0.5) is 16.3 Å². The fourth-order valence-electron chi connectivity index (χ4n) is 4.10. The number of anilines is 2. The first-order valence-corrected chi connectivity index (χ1v) is 10.8. The van der Waals surface area contributed by atoms with E-state index in [1.54, 1.807) is 41.6 Å². The van der Waals surface area contributed by atoms with E-state index in [0.29, 0.717) is 37.4 Å². The average Bonchev–Trinajstić information content (AvgIpc) is 2.89. The average molecular weight is 435 g/mol. The number of fused-ring (bicyclic) bond motifs is 1. The van der Waals surface area contributed by atoms with Crippen molar-refractivity contribution in [3.05, 3.63) is 84.7 Å². The smallest absolute Gasteiger partial charge is 0.322 e. The van der Waals surface area contributed by atoms with Crippen LogP contribution in [0.2, 0.25) is 0 Å². The van der Waals surface area contributed by atoms with Crippen LogP contribution in [-0.4, -0.2) is 47.1 Å². The van der Waals surface area contributed by atoms with E-state index in [9.17, 15) is 10.1 Å². The van der Waals surface area contributed by atoms with E-state index in [1.807, 2.05) is 24.3 Å². The molecule has 0 spiro atoms. The van der Waals surface area contributed by atoms with Gasteiger partial charge >= 0.3 is 6.03 Å². The number of carbonyl (C=O) groups is 1. The maximum atomic E-state index is 12.7. The number of pyridine rings is 2. The first-order chi connectivity index (χ1) is 16.2. The van der Waals surface area contributed by atoms with Crippen molar-refractivity contribution in [2.24, 2.45) is 0 Å². The van der Waals surface area contributed by atoms with Gasteiger partial charge in [0, 0.05) is 49.5 Å². The number of carbonyl (C=O) groups excluding carboxylic acids is 1. The minimum Gasteiger partial charge on any atom is -0.353 e. The lowest BCUT2D eigenvalue weighted by Crippen LogP contribution is -2.50. The molecule has 162 valence electrons. The number of amides is 2. The second-order valence-electron chi connectivity index (χ2n) is 7.84. The summed E-state index contributed by atoms with van der Waals surface area (Å²) in [4.78, 5) is 25.8. The summed E-state index contributed by atoms with van der Waals surface area (Å²) in [5, 5.41) is 13.2. The normalized spacial score (nSPS) is 13.5. The summed E-state index contributed by atoms with van der Waals surface area (Å²) in [7, 11) is 0. The molecule has 1 saturated heterocycles. The number of benzene rings is 2. The number of urea groups is 1. The second kappa shape index (κ2) is 8.97. The SMILES string of the molecule is N#Cc1ccccc1NC(=O)N1CCN(c2ccc3cccc(-c4ccncc4)c3n2)CC1. The van der Waals surface area contributed by atoms with Crippen molar-refractivity contribution in [1.82, 2.24) is 14.9 Å². The molecule has 7 nitrogen and oxygen atoms in total. The van der Waals surface area contributed by atoms with Crippen LogP contribution in [0.15, 0.2) is 79.1 Å². The highest BCUT2D eigenvalue weighted by molar-refractivity contribution is 5.94. The summed E-state index contributed by atoms with van der Waals surface area (Å²) in [5.74, 6) is 0.902. The topological polar surface area (TPSA) is 85.2 Å². The summed E-state index contributed by atoms with van der Waals surface area (Å²) in [5.41, 5.74) is 4.10. The second-order valence-corrected chi connectivity index (χ2v) is 7.84. The van der Waals surface area contributed by atoms with Crippen LogP contribution in [0.5, 0.6) is 0 Å². The maximum Gasteiger partial charge on any atom is 0.322 e. The number of hydrogen-bond donors (Lipinski definition) is 1. The molecule has 1 aliphatic heterocycles. The molecule has 4 aromatic rings. The van der Waals surface area contributed by atoms with Crippen LogP contribution in [0.25, 0.3) is 22.0 Å². The molecule has 0 saturated carbocycles. The van der Waals surface area contributed by atoms with Gasteiger partial charge in [-0.2, -0.15) is 5.26 Å². The number of rotatable bonds is 3. The van der Waals surface area contributed by atoms with E-state index in [4.69, 9.17) is 4.98 Å². The third kappa shape index (κ3) is 4.19. The van der Waals surface area contributed by atoms with E-state index >= 15 is 0 Å². The largest absolute Gasteiger partial charge is 0.353 e. The maximum absolute atomic E-state index is 12.7. The molecule has 1 N–H and O–H groups in total. The van der Waals surface area contributed by atoms with E-state index in [1.165, 1.54) is 0 Å². The molecule has 0 unspecified atom stereocenters. The van der Waals surface area contributed by atoms with Gasteiger partial charge in [0.1, 0.15) is 11.9 Å². The van der Waals surface area contributed by atoms with Gasteiger partial charge in [-0.25, -0.2) is 9.78 Å². The minimum absolute atomic E-state index is 0.191. The van der Waals surface area contributed by atoms with Gasteiger partial charge in [0.05, 0.1) is 16.8 Å². The summed E-state index contributed by atoms with van der Waals surface area (Å²) >= 11 is 0. The highest BCUT2D eigenvalue weighted by Crippen LogP contribution is 2.29. The molecule has 2 amide bonds. The van der Waals surface area contributed by atoms with Crippen molar-refractivity contribution in [2.45, 2.75) is 0 Å². The van der Waals surface area contributed by atoms with Crippen LogP contribution in [0.1, 0.15) is 5.56 Å². The summed E-state index contributed by atoms with van der Waals surface area (Å²) in [6.45, 7) is 2.52. The van der Waals surface area contributed by atoms with Crippen LogP contribution < -0.4 is 10.2 Å². The number of aromatic nitrogens is 2. The molecular formula is C26H22N6O. The predicted molar refractivity (Wildman–Crippen MR) is 129 cm³/mol. The van der Waals surface area contributed by atoms with E-state index in [0.717, 1.165) is 27.8 Å². The monoisotopic (exact) mass is 434 g/mol. The van der Waals surface area contributed by atoms with Gasteiger partial charge in [-0.15, -0.1) is 0 Å². The van der Waals surface area contributed by atoms with E-state index < -0.39 is 0 Å². The first kappa shape index (κ1) is 20.5. The van der Waals surface area contributed by atoms with Gasteiger partial charge in [0.15, 0.2) is 0 Å². The Hall–Kier alpha value is -4.44. The summed E-state index contributed by atoms with van der Waals surface area (Å²) in [6.07, 6.45) is 3.58. The number of nitrogens with zero attached hydrogens (tertiary/aromatic N) is 5. The Morgan fingerprint density at radius 2 is 1.70 bits per heavy atom. The van der Waals surface area contributed by atoms with Gasteiger partial charge in [-0.05, 0) is 42.0 Å². The number of piperazine rings is 1. The highest BCUT2D eigenvalue weighted by Gasteiger charge is 2.23. The van der Waals surface area contributed by atoms with Gasteiger partial charge < -0.3 is 15.1 Å². The molecule has 3 heterocycles. The zero-order valence-electron chi connectivity index (χ0n) is 18.0. The van der Waals surface area contributed by atoms with Gasteiger partial charge in [-0.3, -0.25) is 4.98 Å². The number of hydrogen-bond acceptors (Lipinski definition) is 5. The zero-order chi connectivity index (χ0) is 22.6. The molecule has 1 fully saturated rings. The lowest BCUT2D eigenvalue weighted by molar-refractivity contribution is 0.208. The Bertz CT molecular complexity index is 1340. The molecule has 33 heavy (non-hydrogen) atoms. The van der Waals surface area contributed by atoms with E-state index in [-0.39, 0.29) is 6.03 Å². The Labute approximate surface area is 191 Å². The third-order valence-corrected chi connectivity index (χ3v) is 5.88. The number of nitrogens with one attached hydrogen (secondary N) is 1. The first-order valence-electron chi connectivity index (χ1n) is 10.8. The molecule has 0 atom stereocenters. The molecule has 1 aliphatic rings. The Morgan fingerprint density at radius 1 is 0.909 bits per heavy atom. The highest BCUT2D eigenvalue weighted by atomic mass is 16.2. The molecule has 5 rings (SSSR count). The fraction of sp³-hybridized carbons (Fsp3) is 0.154. The van der Waals surface area contributed by atoms with Gasteiger partial charge in [-0.1, -0.05) is 30.3 Å². The van der Waals surface area contributed by atoms with E-state index in [2.05, 4.69) is 39.5 Å². The Kier molecular flexibility index (Phi) is 5.56. The van der Waals surface area contributed by atoms with Gasteiger partial charge in [0.25, 0.3) is 0 Å². The van der Waals surface area contributed by atoms with Crippen LogP contribution >= 0.6 is 0 Å². The molecule has 7 heteroatoms.